The van der Waals surface area contributed by atoms with Gasteiger partial charge in [0.15, 0.2) is 6.61 Å². The highest BCUT2D eigenvalue weighted by atomic mass is 35.5. The molecule has 0 aliphatic carbocycles. The van der Waals surface area contributed by atoms with Crippen molar-refractivity contribution in [3.63, 3.8) is 0 Å². The van der Waals surface area contributed by atoms with Gasteiger partial charge in [0.2, 0.25) is 5.91 Å². The van der Waals surface area contributed by atoms with Gasteiger partial charge in [-0.1, -0.05) is 41.9 Å². The standard InChI is InChI=1S/C20H19ClN2O4/c1-13-10-18(24)22-16-8-4-5-9-17(16)23(13)19(25)12-27-20(26)11-14-6-2-3-7-15(14)21/h2-9,13H,10-12H2,1H3,(H,22,24)/t13-/m0/s1. The summed E-state index contributed by atoms with van der Waals surface area (Å²) in [6.45, 7) is 1.38. The molecule has 6 nitrogen and oxygen atoms in total. The maximum Gasteiger partial charge on any atom is 0.310 e. The number of amides is 2. The molecule has 1 N–H and O–H groups in total. The molecule has 2 amide bonds. The van der Waals surface area contributed by atoms with Crippen molar-refractivity contribution < 1.29 is 19.1 Å². The fourth-order valence-corrected chi connectivity index (χ4v) is 3.23. The first kappa shape index (κ1) is 18.9. The van der Waals surface area contributed by atoms with Gasteiger partial charge in [0.05, 0.1) is 17.8 Å². The summed E-state index contributed by atoms with van der Waals surface area (Å²) in [5.74, 6) is -1.10. The van der Waals surface area contributed by atoms with Crippen LogP contribution in [-0.4, -0.2) is 30.4 Å². The molecule has 1 heterocycles. The number of hydrogen-bond donors (Lipinski definition) is 1. The number of anilines is 2. The fraction of sp³-hybridized carbons (Fsp3) is 0.250. The van der Waals surface area contributed by atoms with Crippen LogP contribution < -0.4 is 10.2 Å². The normalized spacial score (nSPS) is 16.1. The van der Waals surface area contributed by atoms with Gasteiger partial charge in [0, 0.05) is 17.5 Å². The van der Waals surface area contributed by atoms with Crippen LogP contribution >= 0.6 is 11.6 Å². The molecule has 0 saturated heterocycles. The number of nitrogens with one attached hydrogen (secondary N) is 1. The van der Waals surface area contributed by atoms with E-state index in [1.807, 2.05) is 0 Å². The molecule has 0 saturated carbocycles. The Kier molecular flexibility index (Phi) is 5.76. The second kappa shape index (κ2) is 8.22. The van der Waals surface area contributed by atoms with E-state index in [-0.39, 0.29) is 30.7 Å². The number of nitrogens with zero attached hydrogens (tertiary/aromatic N) is 1. The summed E-state index contributed by atoms with van der Waals surface area (Å²) in [5, 5.41) is 3.26. The minimum Gasteiger partial charge on any atom is -0.455 e. The maximum absolute atomic E-state index is 12.7. The molecule has 140 valence electrons. The summed E-state index contributed by atoms with van der Waals surface area (Å²) < 4.78 is 5.15. The SMILES string of the molecule is C[C@H]1CC(=O)Nc2ccccc2N1C(=O)COC(=O)Cc1ccccc1Cl. The molecule has 3 rings (SSSR count). The number of para-hydroxylation sites is 2. The van der Waals surface area contributed by atoms with Crippen LogP contribution in [0.15, 0.2) is 48.5 Å². The Bertz CT molecular complexity index is 884. The lowest BCUT2D eigenvalue weighted by atomic mass is 10.1. The van der Waals surface area contributed by atoms with Gasteiger partial charge in [-0.2, -0.15) is 0 Å². The molecule has 27 heavy (non-hydrogen) atoms. The monoisotopic (exact) mass is 386 g/mol. The van der Waals surface area contributed by atoms with Crippen LogP contribution in [0.5, 0.6) is 0 Å². The van der Waals surface area contributed by atoms with Crippen molar-refractivity contribution >= 4 is 40.8 Å². The first-order valence-corrected chi connectivity index (χ1v) is 8.93. The highest BCUT2D eigenvalue weighted by Gasteiger charge is 2.30. The van der Waals surface area contributed by atoms with E-state index < -0.39 is 12.6 Å². The van der Waals surface area contributed by atoms with E-state index in [2.05, 4.69) is 5.32 Å². The zero-order chi connectivity index (χ0) is 19.4. The quantitative estimate of drug-likeness (QED) is 0.819. The first-order valence-electron chi connectivity index (χ1n) is 8.55. The van der Waals surface area contributed by atoms with Crippen LogP contribution in [0.25, 0.3) is 0 Å². The molecular weight excluding hydrogens is 368 g/mol. The van der Waals surface area contributed by atoms with Gasteiger partial charge in [0.1, 0.15) is 0 Å². The molecule has 0 spiro atoms. The van der Waals surface area contributed by atoms with Gasteiger partial charge < -0.3 is 15.0 Å². The summed E-state index contributed by atoms with van der Waals surface area (Å²) >= 11 is 6.04. The average molecular weight is 387 g/mol. The Labute approximate surface area is 162 Å². The maximum atomic E-state index is 12.7. The lowest BCUT2D eigenvalue weighted by molar-refractivity contribution is -0.147. The highest BCUT2D eigenvalue weighted by molar-refractivity contribution is 6.31. The lowest BCUT2D eigenvalue weighted by Crippen LogP contribution is -2.41. The smallest absolute Gasteiger partial charge is 0.310 e. The number of carbonyl (C=O) groups is 3. The van der Waals surface area contributed by atoms with Crippen LogP contribution in [0.2, 0.25) is 5.02 Å². The number of benzene rings is 2. The largest absolute Gasteiger partial charge is 0.455 e. The summed E-state index contributed by atoms with van der Waals surface area (Å²) in [7, 11) is 0. The number of esters is 1. The van der Waals surface area contributed by atoms with Crippen LogP contribution in [-0.2, 0) is 25.5 Å². The van der Waals surface area contributed by atoms with E-state index in [1.165, 1.54) is 4.90 Å². The van der Waals surface area contributed by atoms with Gasteiger partial charge >= 0.3 is 5.97 Å². The number of hydrogen-bond acceptors (Lipinski definition) is 4. The average Bonchev–Trinajstić information content (AvgIpc) is 2.76. The number of halogens is 1. The number of fused-ring (bicyclic) bond motifs is 1. The molecule has 1 atom stereocenters. The third-order valence-corrected chi connectivity index (χ3v) is 4.65. The zero-order valence-electron chi connectivity index (χ0n) is 14.8. The molecule has 2 aromatic carbocycles. The van der Waals surface area contributed by atoms with Crippen LogP contribution in [0.1, 0.15) is 18.9 Å². The van der Waals surface area contributed by atoms with Crippen molar-refractivity contribution in [3.8, 4) is 0 Å². The lowest BCUT2D eigenvalue weighted by Gasteiger charge is -2.27. The second-order valence-corrected chi connectivity index (χ2v) is 6.72. The second-order valence-electron chi connectivity index (χ2n) is 6.31. The van der Waals surface area contributed by atoms with E-state index >= 15 is 0 Å². The van der Waals surface area contributed by atoms with E-state index in [0.717, 1.165) is 0 Å². The first-order chi connectivity index (χ1) is 13.0. The molecule has 0 unspecified atom stereocenters. The number of ether oxygens (including phenoxy) is 1. The van der Waals surface area contributed by atoms with Crippen molar-refractivity contribution in [1.29, 1.82) is 0 Å². The van der Waals surface area contributed by atoms with E-state index in [0.29, 0.717) is 22.0 Å². The van der Waals surface area contributed by atoms with Crippen LogP contribution in [0.4, 0.5) is 11.4 Å². The van der Waals surface area contributed by atoms with Gasteiger partial charge in [0.25, 0.3) is 5.91 Å². The molecule has 7 heteroatoms. The van der Waals surface area contributed by atoms with Gasteiger partial charge in [-0.3, -0.25) is 14.4 Å². The van der Waals surface area contributed by atoms with Gasteiger partial charge in [-0.25, -0.2) is 0 Å². The minimum atomic E-state index is -0.540. The van der Waals surface area contributed by atoms with Gasteiger partial charge in [-0.15, -0.1) is 0 Å². The Morgan fingerprint density at radius 2 is 1.89 bits per heavy atom. The van der Waals surface area contributed by atoms with Crippen molar-refractivity contribution in [2.75, 3.05) is 16.8 Å². The van der Waals surface area contributed by atoms with Gasteiger partial charge in [-0.05, 0) is 30.7 Å². The minimum absolute atomic E-state index is 0.0147. The molecule has 0 bridgehead atoms. The van der Waals surface area contributed by atoms with E-state index in [4.69, 9.17) is 16.3 Å². The Hall–Kier alpha value is -2.86. The molecule has 2 aromatic rings. The van der Waals surface area contributed by atoms with Crippen molar-refractivity contribution in [2.45, 2.75) is 25.8 Å². The molecule has 0 aromatic heterocycles. The Morgan fingerprint density at radius 1 is 1.19 bits per heavy atom. The third-order valence-electron chi connectivity index (χ3n) is 4.28. The summed E-state index contributed by atoms with van der Waals surface area (Å²) in [6, 6.07) is 13.7. The summed E-state index contributed by atoms with van der Waals surface area (Å²) in [5.41, 5.74) is 1.78. The predicted molar refractivity (Wildman–Crippen MR) is 103 cm³/mol. The molecule has 1 aliphatic heterocycles. The summed E-state index contributed by atoms with van der Waals surface area (Å²) in [6.07, 6.45) is 0.146. The molecule has 0 radical (unpaired) electrons. The fourth-order valence-electron chi connectivity index (χ4n) is 3.03. The number of rotatable bonds is 4. The van der Waals surface area contributed by atoms with Crippen molar-refractivity contribution in [3.05, 3.63) is 59.1 Å². The zero-order valence-corrected chi connectivity index (χ0v) is 15.5. The topological polar surface area (TPSA) is 75.7 Å². The molecule has 1 aliphatic rings. The van der Waals surface area contributed by atoms with Crippen LogP contribution in [0, 0.1) is 0 Å². The highest BCUT2D eigenvalue weighted by Crippen LogP contribution is 2.31. The number of carbonyl (C=O) groups excluding carboxylic acids is 3. The van der Waals surface area contributed by atoms with E-state index in [1.54, 1.807) is 55.5 Å². The third kappa shape index (κ3) is 4.46. The predicted octanol–water partition coefficient (Wildman–Crippen LogP) is 3.19. The Balaban J connectivity index is 1.69. The van der Waals surface area contributed by atoms with Crippen molar-refractivity contribution in [1.82, 2.24) is 0 Å². The molecule has 0 fully saturated rings. The van der Waals surface area contributed by atoms with E-state index in [9.17, 15) is 14.4 Å². The van der Waals surface area contributed by atoms with Crippen molar-refractivity contribution in [2.24, 2.45) is 0 Å². The van der Waals surface area contributed by atoms with Crippen LogP contribution in [0.3, 0.4) is 0 Å². The summed E-state index contributed by atoms with van der Waals surface area (Å²) in [4.78, 5) is 38.3. The Morgan fingerprint density at radius 3 is 2.67 bits per heavy atom. The molecular formula is C20H19ClN2O4.